The number of rotatable bonds is 4. The van der Waals surface area contributed by atoms with Gasteiger partial charge in [-0.25, -0.2) is 4.98 Å². The van der Waals surface area contributed by atoms with E-state index >= 15 is 0 Å². The fourth-order valence-corrected chi connectivity index (χ4v) is 4.32. The van der Waals surface area contributed by atoms with Crippen molar-refractivity contribution >= 4 is 18.3 Å². The van der Waals surface area contributed by atoms with Crippen LogP contribution in [-0.2, 0) is 14.3 Å². The van der Waals surface area contributed by atoms with Crippen molar-refractivity contribution in [2.75, 3.05) is 33.7 Å². The second kappa shape index (κ2) is 9.74. The Kier molecular flexibility index (Phi) is 7.06. The number of esters is 1. The van der Waals surface area contributed by atoms with Gasteiger partial charge in [-0.15, -0.1) is 0 Å². The van der Waals surface area contributed by atoms with E-state index < -0.39 is 5.41 Å². The number of likely N-dealkylation sites (tertiary alicyclic amines) is 1. The topological polar surface area (TPSA) is 116 Å². The molecule has 0 aliphatic carbocycles. The van der Waals surface area contributed by atoms with Crippen LogP contribution in [0, 0.1) is 5.41 Å². The summed E-state index contributed by atoms with van der Waals surface area (Å²) in [5.41, 5.74) is 1.64. The van der Waals surface area contributed by atoms with E-state index in [9.17, 15) is 9.59 Å². The lowest BCUT2D eigenvalue weighted by Gasteiger charge is -2.36. The molecule has 2 aliphatic heterocycles. The van der Waals surface area contributed by atoms with Crippen LogP contribution in [0.1, 0.15) is 29.8 Å². The minimum atomic E-state index is -0.437. The number of piperidine rings is 1. The molecule has 0 saturated carbocycles. The molecule has 31 heavy (non-hydrogen) atoms. The Labute approximate surface area is 181 Å². The molecule has 1 spiro atoms. The number of cyclic esters (lactones) is 1. The molecule has 0 bridgehead atoms. The molecule has 1 aromatic heterocycles. The number of imidazole rings is 1. The molecule has 2 N–H and O–H groups in total. The second-order valence-corrected chi connectivity index (χ2v) is 8.16. The molecule has 9 nitrogen and oxygen atoms in total. The molecule has 0 radical (unpaired) electrons. The quantitative estimate of drug-likeness (QED) is 0.564. The lowest BCUT2D eigenvalue weighted by atomic mass is 9.76. The third-order valence-corrected chi connectivity index (χ3v) is 5.80. The first-order valence-electron chi connectivity index (χ1n) is 10.2. The molecule has 9 heteroatoms. The molecule has 2 aliphatic rings. The fraction of sp³-hybridized carbons (Fsp3) is 0.455. The first kappa shape index (κ1) is 22.5. The van der Waals surface area contributed by atoms with Crippen LogP contribution < -0.4 is 0 Å². The fourth-order valence-electron chi connectivity index (χ4n) is 4.32. The Morgan fingerprint density at radius 2 is 1.97 bits per heavy atom. The number of nitrogens with zero attached hydrogens (tertiary/aromatic N) is 3. The van der Waals surface area contributed by atoms with Gasteiger partial charge in [-0.2, -0.15) is 0 Å². The highest BCUT2D eigenvalue weighted by Crippen LogP contribution is 2.43. The number of hydrogen-bond acceptors (Lipinski definition) is 6. The summed E-state index contributed by atoms with van der Waals surface area (Å²) in [4.78, 5) is 45.2. The molecule has 1 atom stereocenters. The van der Waals surface area contributed by atoms with Crippen LogP contribution in [0.15, 0.2) is 36.7 Å². The predicted molar refractivity (Wildman–Crippen MR) is 113 cm³/mol. The molecular formula is C22H28N4O5. The summed E-state index contributed by atoms with van der Waals surface area (Å²) in [6, 6.07) is 9.68. The van der Waals surface area contributed by atoms with E-state index in [4.69, 9.17) is 14.6 Å². The normalized spacial score (nSPS) is 19.6. The summed E-state index contributed by atoms with van der Waals surface area (Å²) in [5.74, 6) is -0.166. The van der Waals surface area contributed by atoms with E-state index in [-0.39, 0.29) is 24.5 Å². The number of carbonyl (C=O) groups is 3. The first-order chi connectivity index (χ1) is 14.9. The summed E-state index contributed by atoms with van der Waals surface area (Å²) in [6.07, 6.45) is 3.54. The molecule has 1 amide bonds. The number of ether oxygens (including phenoxy) is 1. The highest BCUT2D eigenvalue weighted by atomic mass is 16.6. The van der Waals surface area contributed by atoms with Crippen molar-refractivity contribution in [2.24, 2.45) is 5.41 Å². The van der Waals surface area contributed by atoms with Crippen LogP contribution in [0.4, 0.5) is 0 Å². The average Bonchev–Trinajstić information content (AvgIpc) is 3.34. The van der Waals surface area contributed by atoms with Gasteiger partial charge >= 0.3 is 5.97 Å². The Bertz CT molecular complexity index is 904. The number of benzene rings is 1. The van der Waals surface area contributed by atoms with Gasteiger partial charge in [0.1, 0.15) is 17.5 Å². The van der Waals surface area contributed by atoms with Gasteiger partial charge in [0.15, 0.2) is 0 Å². The Morgan fingerprint density at radius 3 is 2.58 bits per heavy atom. The van der Waals surface area contributed by atoms with Crippen LogP contribution in [-0.4, -0.2) is 83.1 Å². The zero-order valence-corrected chi connectivity index (χ0v) is 17.8. The van der Waals surface area contributed by atoms with Crippen molar-refractivity contribution in [1.82, 2.24) is 19.8 Å². The Balaban J connectivity index is 0.000000858. The maximum Gasteiger partial charge on any atom is 0.312 e. The molecule has 1 aromatic carbocycles. The molecule has 166 valence electrons. The summed E-state index contributed by atoms with van der Waals surface area (Å²) in [5, 5.41) is 6.89. The number of aromatic nitrogens is 2. The van der Waals surface area contributed by atoms with Gasteiger partial charge in [-0.1, -0.05) is 30.3 Å². The van der Waals surface area contributed by atoms with Crippen LogP contribution >= 0.6 is 0 Å². The lowest BCUT2D eigenvalue weighted by molar-refractivity contribution is -0.150. The van der Waals surface area contributed by atoms with Gasteiger partial charge in [0.05, 0.1) is 11.7 Å². The zero-order chi connectivity index (χ0) is 22.4. The Hall–Kier alpha value is -3.20. The van der Waals surface area contributed by atoms with Crippen molar-refractivity contribution in [2.45, 2.75) is 25.4 Å². The smallest absolute Gasteiger partial charge is 0.312 e. The monoisotopic (exact) mass is 428 g/mol. The van der Waals surface area contributed by atoms with Gasteiger partial charge in [0.2, 0.25) is 0 Å². The van der Waals surface area contributed by atoms with E-state index in [2.05, 4.69) is 9.97 Å². The molecule has 4 rings (SSSR count). The molecule has 2 fully saturated rings. The summed E-state index contributed by atoms with van der Waals surface area (Å²) in [6.45, 7) is 1.59. The largest absolute Gasteiger partial charge is 0.483 e. The van der Waals surface area contributed by atoms with Crippen molar-refractivity contribution < 1.29 is 24.2 Å². The van der Waals surface area contributed by atoms with Gasteiger partial charge in [-0.05, 0) is 26.9 Å². The third-order valence-electron chi connectivity index (χ3n) is 5.80. The van der Waals surface area contributed by atoms with E-state index in [0.29, 0.717) is 37.3 Å². The van der Waals surface area contributed by atoms with E-state index in [1.165, 1.54) is 0 Å². The average molecular weight is 428 g/mol. The van der Waals surface area contributed by atoms with Crippen LogP contribution in [0.25, 0.3) is 11.3 Å². The van der Waals surface area contributed by atoms with Gasteiger partial charge in [-0.3, -0.25) is 14.4 Å². The second-order valence-electron chi connectivity index (χ2n) is 8.16. The standard InChI is InChI=1S/C21H26N4O3.CH2O2/c1-24(2)13-16-12-21(20(27)28-16)8-10-25(11-9-21)19(26)18-17(22-14-23-18)15-6-4-3-5-7-15;2-1-3/h3-7,14,16H,8-13H2,1-2H3,(H,22,23);1H,(H,2,3). The summed E-state index contributed by atoms with van der Waals surface area (Å²) < 4.78 is 5.61. The van der Waals surface area contributed by atoms with Crippen molar-refractivity contribution in [3.63, 3.8) is 0 Å². The number of aromatic amines is 1. The lowest BCUT2D eigenvalue weighted by Crippen LogP contribution is -2.45. The molecule has 2 aromatic rings. The maximum atomic E-state index is 13.1. The van der Waals surface area contributed by atoms with Crippen molar-refractivity contribution in [3.05, 3.63) is 42.4 Å². The first-order valence-corrected chi connectivity index (χ1v) is 10.2. The summed E-state index contributed by atoms with van der Waals surface area (Å²) >= 11 is 0. The van der Waals surface area contributed by atoms with Gasteiger partial charge < -0.3 is 24.6 Å². The van der Waals surface area contributed by atoms with Gasteiger partial charge in [0.25, 0.3) is 12.4 Å². The van der Waals surface area contributed by atoms with Gasteiger partial charge in [0, 0.05) is 31.6 Å². The number of likely N-dealkylation sites (N-methyl/N-ethyl adjacent to an activating group) is 1. The SMILES string of the molecule is CN(C)CC1CC2(CCN(C(=O)c3[nH]cnc3-c3ccccc3)CC2)C(=O)O1.O=CO. The number of carboxylic acid groups (broad SMARTS) is 1. The number of carbonyl (C=O) groups excluding carboxylic acids is 2. The minimum absolute atomic E-state index is 0.0537. The molecule has 3 heterocycles. The summed E-state index contributed by atoms with van der Waals surface area (Å²) in [7, 11) is 3.96. The van der Waals surface area contributed by atoms with E-state index in [0.717, 1.165) is 18.5 Å². The Morgan fingerprint density at radius 1 is 1.32 bits per heavy atom. The molecular weight excluding hydrogens is 400 g/mol. The van der Waals surface area contributed by atoms with Crippen LogP contribution in [0.5, 0.6) is 0 Å². The third kappa shape index (κ3) is 4.93. The van der Waals surface area contributed by atoms with Crippen molar-refractivity contribution in [3.8, 4) is 11.3 Å². The number of hydrogen-bond donors (Lipinski definition) is 2. The highest BCUT2D eigenvalue weighted by Gasteiger charge is 2.51. The van der Waals surface area contributed by atoms with Crippen LogP contribution in [0.3, 0.4) is 0 Å². The zero-order valence-electron chi connectivity index (χ0n) is 17.8. The van der Waals surface area contributed by atoms with E-state index in [1.807, 2.05) is 54.2 Å². The van der Waals surface area contributed by atoms with Crippen LogP contribution in [0.2, 0.25) is 0 Å². The molecule has 1 unspecified atom stereocenters. The minimum Gasteiger partial charge on any atom is -0.483 e. The van der Waals surface area contributed by atoms with E-state index in [1.54, 1.807) is 6.33 Å². The highest BCUT2D eigenvalue weighted by molar-refractivity contribution is 5.98. The number of H-pyrrole nitrogens is 1. The number of nitrogens with one attached hydrogen (secondary N) is 1. The van der Waals surface area contributed by atoms with Crippen molar-refractivity contribution in [1.29, 1.82) is 0 Å². The molecule has 2 saturated heterocycles. The maximum absolute atomic E-state index is 13.1. The predicted octanol–water partition coefficient (Wildman–Crippen LogP) is 1.88. The number of amides is 1.